The molecule has 0 saturated heterocycles. The topological polar surface area (TPSA) is 94.7 Å². The van der Waals surface area contributed by atoms with Crippen molar-refractivity contribution in [2.75, 3.05) is 0 Å². The molecule has 0 spiro atoms. The third kappa shape index (κ3) is 5.20. The fraction of sp³-hybridized carbons (Fsp3) is 0.0385. The molecule has 0 aliphatic carbocycles. The number of benzene rings is 4. The van der Waals surface area contributed by atoms with E-state index in [4.69, 9.17) is 16.3 Å². The molecule has 0 bridgehead atoms. The van der Waals surface area contributed by atoms with Crippen LogP contribution in [0.1, 0.15) is 27.0 Å². The van der Waals surface area contributed by atoms with Crippen LogP contribution in [-0.2, 0) is 6.61 Å². The van der Waals surface area contributed by atoms with Crippen LogP contribution in [-0.4, -0.2) is 17.2 Å². The Kier molecular flexibility index (Phi) is 7.12. The van der Waals surface area contributed by atoms with Crippen LogP contribution in [0, 0.1) is 11.3 Å². The number of phenols is 1. The van der Waals surface area contributed by atoms with Gasteiger partial charge in [0.2, 0.25) is 0 Å². The van der Waals surface area contributed by atoms with Gasteiger partial charge in [-0.05, 0) is 62.6 Å². The van der Waals surface area contributed by atoms with Crippen molar-refractivity contribution in [1.82, 2.24) is 5.43 Å². The minimum atomic E-state index is -0.541. The predicted octanol–water partition coefficient (Wildman–Crippen LogP) is 6.18. The molecule has 4 rings (SSSR count). The number of hydrogen-bond acceptors (Lipinski definition) is 5. The molecule has 4 aromatic carbocycles. The molecule has 0 atom stereocenters. The van der Waals surface area contributed by atoms with E-state index in [1.807, 2.05) is 36.4 Å². The first-order chi connectivity index (χ1) is 16.5. The number of nitrogens with zero attached hydrogens (tertiary/aromatic N) is 2. The highest BCUT2D eigenvalue weighted by molar-refractivity contribution is 9.10. The van der Waals surface area contributed by atoms with Gasteiger partial charge in [0.05, 0.1) is 32.9 Å². The van der Waals surface area contributed by atoms with Crippen LogP contribution in [0.5, 0.6) is 11.5 Å². The Labute approximate surface area is 209 Å². The summed E-state index contributed by atoms with van der Waals surface area (Å²) in [6.07, 6.45) is 1.43. The van der Waals surface area contributed by atoms with Crippen molar-refractivity contribution < 1.29 is 14.6 Å². The highest BCUT2D eigenvalue weighted by Gasteiger charge is 2.13. The molecular weight excluding hydrogens is 518 g/mol. The molecule has 0 aliphatic heterocycles. The summed E-state index contributed by atoms with van der Waals surface area (Å²) in [6.45, 7) is 0.181. The number of hydrazone groups is 1. The number of hydrogen-bond donors (Lipinski definition) is 2. The van der Waals surface area contributed by atoms with Crippen LogP contribution in [0.25, 0.3) is 10.8 Å². The van der Waals surface area contributed by atoms with Gasteiger partial charge in [-0.25, -0.2) is 5.43 Å². The zero-order valence-electron chi connectivity index (χ0n) is 17.6. The van der Waals surface area contributed by atoms with E-state index in [0.29, 0.717) is 26.4 Å². The van der Waals surface area contributed by atoms with Gasteiger partial charge < -0.3 is 9.84 Å². The molecule has 0 radical (unpaired) electrons. The first kappa shape index (κ1) is 23.3. The zero-order chi connectivity index (χ0) is 24.1. The van der Waals surface area contributed by atoms with Crippen molar-refractivity contribution in [2.45, 2.75) is 6.61 Å². The van der Waals surface area contributed by atoms with Gasteiger partial charge >= 0.3 is 0 Å². The zero-order valence-corrected chi connectivity index (χ0v) is 20.0. The summed E-state index contributed by atoms with van der Waals surface area (Å²) in [6, 6.07) is 23.3. The number of amides is 1. The van der Waals surface area contributed by atoms with Gasteiger partial charge in [-0.15, -0.1) is 0 Å². The molecule has 0 aliphatic rings. The van der Waals surface area contributed by atoms with E-state index in [9.17, 15) is 15.2 Å². The summed E-state index contributed by atoms with van der Waals surface area (Å²) in [7, 11) is 0. The number of ether oxygens (including phenoxy) is 1. The summed E-state index contributed by atoms with van der Waals surface area (Å²) in [5, 5.41) is 25.4. The Hall–Kier alpha value is -3.86. The van der Waals surface area contributed by atoms with Gasteiger partial charge in [0.1, 0.15) is 12.4 Å². The number of aromatic hydroxyl groups is 1. The number of fused-ring (bicyclic) bond motifs is 1. The number of nitrogens with one attached hydrogen (secondary N) is 1. The maximum absolute atomic E-state index is 12.5. The van der Waals surface area contributed by atoms with Crippen molar-refractivity contribution in [2.24, 2.45) is 5.10 Å². The largest absolute Gasteiger partial charge is 0.507 e. The van der Waals surface area contributed by atoms with Crippen molar-refractivity contribution in [1.29, 1.82) is 5.26 Å². The second-order valence-corrected chi connectivity index (χ2v) is 8.55. The van der Waals surface area contributed by atoms with Gasteiger partial charge in [-0.1, -0.05) is 54.1 Å². The highest BCUT2D eigenvalue weighted by atomic mass is 79.9. The molecule has 0 aromatic heterocycles. The van der Waals surface area contributed by atoms with E-state index in [1.165, 1.54) is 6.21 Å². The molecule has 4 aromatic rings. The molecule has 8 heteroatoms. The summed E-state index contributed by atoms with van der Waals surface area (Å²) in [4.78, 5) is 12.5. The number of phenolic OH excluding ortho intramolecular Hbond substituents is 1. The molecule has 2 N–H and O–H groups in total. The monoisotopic (exact) mass is 533 g/mol. The van der Waals surface area contributed by atoms with Crippen molar-refractivity contribution >= 4 is 50.4 Å². The number of rotatable bonds is 6. The van der Waals surface area contributed by atoms with Gasteiger partial charge in [0.15, 0.2) is 5.75 Å². The smallest absolute Gasteiger partial charge is 0.275 e. The fourth-order valence-electron chi connectivity index (χ4n) is 3.33. The fourth-order valence-corrected chi connectivity index (χ4v) is 4.32. The van der Waals surface area contributed by atoms with Gasteiger partial charge in [-0.2, -0.15) is 10.4 Å². The van der Waals surface area contributed by atoms with Crippen molar-refractivity contribution in [3.8, 4) is 17.6 Å². The lowest BCUT2D eigenvalue weighted by Crippen LogP contribution is -2.17. The predicted molar refractivity (Wildman–Crippen MR) is 135 cm³/mol. The van der Waals surface area contributed by atoms with Gasteiger partial charge in [-0.3, -0.25) is 4.79 Å². The lowest BCUT2D eigenvalue weighted by molar-refractivity contribution is 0.0952. The third-order valence-electron chi connectivity index (χ3n) is 5.02. The number of nitriles is 1. The Bertz CT molecular complexity index is 1440. The molecule has 0 fully saturated rings. The van der Waals surface area contributed by atoms with E-state index >= 15 is 0 Å². The maximum Gasteiger partial charge on any atom is 0.275 e. The average molecular weight is 535 g/mol. The van der Waals surface area contributed by atoms with Crippen LogP contribution in [0.3, 0.4) is 0 Å². The van der Waals surface area contributed by atoms with Gasteiger partial charge in [0.25, 0.3) is 5.91 Å². The normalized spacial score (nSPS) is 10.9. The average Bonchev–Trinajstić information content (AvgIpc) is 2.83. The summed E-state index contributed by atoms with van der Waals surface area (Å²) < 4.78 is 6.42. The number of carbonyl (C=O) groups is 1. The molecular formula is C26H17BrClN3O3. The van der Waals surface area contributed by atoms with E-state index in [2.05, 4.69) is 32.5 Å². The first-order valence-electron chi connectivity index (χ1n) is 10.1. The quantitative estimate of drug-likeness (QED) is 0.228. The molecule has 0 unspecified atom stereocenters. The van der Waals surface area contributed by atoms with Crippen LogP contribution in [0.2, 0.25) is 5.02 Å². The Morgan fingerprint density at radius 3 is 2.56 bits per heavy atom. The summed E-state index contributed by atoms with van der Waals surface area (Å²) in [5.41, 5.74) is 4.44. The Morgan fingerprint density at radius 1 is 1.12 bits per heavy atom. The van der Waals surface area contributed by atoms with Gasteiger partial charge in [0, 0.05) is 5.56 Å². The van der Waals surface area contributed by atoms with E-state index < -0.39 is 5.91 Å². The molecule has 0 heterocycles. The Balaban J connectivity index is 1.45. The molecule has 34 heavy (non-hydrogen) atoms. The first-order valence-corrected chi connectivity index (χ1v) is 11.3. The highest BCUT2D eigenvalue weighted by Crippen LogP contribution is 2.35. The van der Waals surface area contributed by atoms with Crippen LogP contribution in [0.4, 0.5) is 0 Å². The van der Waals surface area contributed by atoms with Crippen LogP contribution < -0.4 is 10.2 Å². The van der Waals surface area contributed by atoms with E-state index in [-0.39, 0.29) is 17.9 Å². The lowest BCUT2D eigenvalue weighted by Gasteiger charge is -2.12. The molecule has 6 nitrogen and oxygen atoms in total. The van der Waals surface area contributed by atoms with Crippen molar-refractivity contribution in [3.63, 3.8) is 0 Å². The summed E-state index contributed by atoms with van der Waals surface area (Å²) >= 11 is 9.83. The van der Waals surface area contributed by atoms with E-state index in [0.717, 1.165) is 16.3 Å². The second-order valence-electron chi connectivity index (χ2n) is 7.29. The van der Waals surface area contributed by atoms with Crippen molar-refractivity contribution in [3.05, 3.63) is 105 Å². The standard InChI is InChI=1S/C26H17BrClN3O3/c27-22-9-16(10-23(28)25(22)34-15-20-8-4-3-7-19(20)13-29)14-30-31-26(33)21-11-17-5-1-2-6-18(17)12-24(21)32/h1-12,14,32H,15H2,(H,31,33). The minimum absolute atomic E-state index is 0.122. The molecule has 1 amide bonds. The second kappa shape index (κ2) is 10.4. The van der Waals surface area contributed by atoms with Crippen LogP contribution in [0.15, 0.2) is 82.4 Å². The van der Waals surface area contributed by atoms with E-state index in [1.54, 1.807) is 36.4 Å². The number of carbonyl (C=O) groups excluding carboxylic acids is 1. The molecule has 168 valence electrons. The lowest BCUT2D eigenvalue weighted by atomic mass is 10.1. The SMILES string of the molecule is N#Cc1ccccc1COc1c(Cl)cc(C=NNC(=O)c2cc3ccccc3cc2O)cc1Br. The number of halogens is 2. The van der Waals surface area contributed by atoms with Crippen LogP contribution >= 0.6 is 27.5 Å². The summed E-state index contributed by atoms with van der Waals surface area (Å²) in [5.74, 6) is -0.242. The Morgan fingerprint density at radius 2 is 1.82 bits per heavy atom. The maximum atomic E-state index is 12.5. The molecule has 0 saturated carbocycles. The third-order valence-corrected chi connectivity index (χ3v) is 5.89. The minimum Gasteiger partial charge on any atom is -0.507 e.